The number of carbonyl (C=O) groups is 1. The molecular weight excluding hydrogens is 570 g/mol. The Bertz CT molecular complexity index is 1560. The molecule has 1 N–H and O–H groups in total. The van der Waals surface area contributed by atoms with E-state index in [1.165, 1.54) is 16.0 Å². The van der Waals surface area contributed by atoms with Gasteiger partial charge in [0, 0.05) is 31.7 Å². The molecule has 44 heavy (non-hydrogen) atoms. The second-order valence-electron chi connectivity index (χ2n) is 11.6. The third-order valence-corrected chi connectivity index (χ3v) is 10.2. The number of benzene rings is 4. The maximum atomic E-state index is 14.1. The van der Waals surface area contributed by atoms with Crippen LogP contribution >= 0.6 is 0 Å². The number of piperidine rings is 1. The Morgan fingerprint density at radius 1 is 0.841 bits per heavy atom. The van der Waals surface area contributed by atoms with Crippen LogP contribution in [0.2, 0.25) is 0 Å². The summed E-state index contributed by atoms with van der Waals surface area (Å²) in [5.74, 6) is 0. The number of nitrogens with zero attached hydrogens (tertiary/aromatic N) is 3. The highest BCUT2D eigenvalue weighted by molar-refractivity contribution is 7.92. The van der Waals surface area contributed by atoms with Crippen LogP contribution in [0.3, 0.4) is 0 Å². The number of aryl methyl sites for hydroxylation is 1. The van der Waals surface area contributed by atoms with E-state index in [-0.39, 0.29) is 23.5 Å². The number of rotatable bonds is 12. The fraction of sp³-hybridized carbons (Fsp3) is 0.306. The predicted molar refractivity (Wildman–Crippen MR) is 175 cm³/mol. The highest BCUT2D eigenvalue weighted by Crippen LogP contribution is 2.34. The number of amides is 1. The number of carboxylic acid groups (broad SMARTS) is 1. The van der Waals surface area contributed by atoms with Gasteiger partial charge in [-0.25, -0.2) is 13.2 Å². The highest BCUT2D eigenvalue weighted by atomic mass is 32.2. The second kappa shape index (κ2) is 14.6. The molecule has 1 aliphatic rings. The molecule has 4 aromatic rings. The van der Waals surface area contributed by atoms with Crippen molar-refractivity contribution in [3.8, 4) is 0 Å². The third kappa shape index (κ3) is 7.87. The first kappa shape index (κ1) is 31.3. The van der Waals surface area contributed by atoms with E-state index < -0.39 is 16.1 Å². The molecule has 1 saturated heterocycles. The molecule has 8 heteroatoms. The maximum Gasteiger partial charge on any atom is 0.407 e. The zero-order chi connectivity index (χ0) is 30.9. The monoisotopic (exact) mass is 611 g/mol. The Balaban J connectivity index is 1.35. The van der Waals surface area contributed by atoms with Crippen LogP contribution in [0.5, 0.6) is 0 Å². The quantitative estimate of drug-likeness (QED) is 0.184. The smallest absolute Gasteiger partial charge is 0.407 e. The minimum absolute atomic E-state index is 0.233. The van der Waals surface area contributed by atoms with Crippen molar-refractivity contribution in [1.82, 2.24) is 9.80 Å². The average molecular weight is 612 g/mol. The largest absolute Gasteiger partial charge is 0.465 e. The van der Waals surface area contributed by atoms with Crippen molar-refractivity contribution in [2.75, 3.05) is 17.4 Å². The van der Waals surface area contributed by atoms with Crippen LogP contribution in [0.25, 0.3) is 0 Å². The van der Waals surface area contributed by atoms with Gasteiger partial charge in [-0.2, -0.15) is 0 Å². The molecule has 2 atom stereocenters. The zero-order valence-electron chi connectivity index (χ0n) is 25.2. The summed E-state index contributed by atoms with van der Waals surface area (Å²) < 4.78 is 29.8. The normalized spacial score (nSPS) is 17.0. The van der Waals surface area contributed by atoms with E-state index in [4.69, 9.17) is 0 Å². The van der Waals surface area contributed by atoms with Gasteiger partial charge in [0.1, 0.15) is 0 Å². The number of sulfonamides is 1. The Labute approximate surface area is 261 Å². The maximum absolute atomic E-state index is 14.1. The van der Waals surface area contributed by atoms with E-state index >= 15 is 0 Å². The first-order valence-corrected chi connectivity index (χ1v) is 16.7. The number of hydrogen-bond acceptors (Lipinski definition) is 4. The van der Waals surface area contributed by atoms with Gasteiger partial charge in [0.05, 0.1) is 10.6 Å². The second-order valence-corrected chi connectivity index (χ2v) is 13.4. The van der Waals surface area contributed by atoms with Crippen molar-refractivity contribution in [2.45, 2.75) is 62.7 Å². The molecule has 4 aromatic carbocycles. The number of likely N-dealkylation sites (tertiary alicyclic amines) is 1. The summed E-state index contributed by atoms with van der Waals surface area (Å²) in [6.07, 6.45) is 1.35. The van der Waals surface area contributed by atoms with Crippen LogP contribution in [0, 0.1) is 6.92 Å². The molecule has 1 aliphatic heterocycles. The molecule has 0 radical (unpaired) electrons. The van der Waals surface area contributed by atoms with Gasteiger partial charge < -0.3 is 10.0 Å². The van der Waals surface area contributed by atoms with Crippen LogP contribution in [0.15, 0.2) is 120 Å². The lowest BCUT2D eigenvalue weighted by Crippen LogP contribution is -2.53. The summed E-state index contributed by atoms with van der Waals surface area (Å²) in [6, 6.07) is 36.1. The van der Waals surface area contributed by atoms with Gasteiger partial charge >= 0.3 is 6.09 Å². The van der Waals surface area contributed by atoms with E-state index in [1.807, 2.05) is 67.6 Å². The third-order valence-electron chi connectivity index (χ3n) is 8.33. The summed E-state index contributed by atoms with van der Waals surface area (Å²) in [5, 5.41) is 10.1. The molecule has 1 fully saturated rings. The lowest BCUT2D eigenvalue weighted by atomic mass is 9.93. The summed E-state index contributed by atoms with van der Waals surface area (Å²) >= 11 is 0. The fourth-order valence-corrected chi connectivity index (χ4v) is 7.94. The van der Waals surface area contributed by atoms with Crippen LogP contribution in [0.1, 0.15) is 42.4 Å². The Morgan fingerprint density at radius 3 is 2.00 bits per heavy atom. The molecule has 0 saturated carbocycles. The molecule has 5 rings (SSSR count). The zero-order valence-corrected chi connectivity index (χ0v) is 26.0. The molecule has 0 spiro atoms. The van der Waals surface area contributed by atoms with Crippen LogP contribution in [-0.2, 0) is 23.1 Å². The topological polar surface area (TPSA) is 81.2 Å². The van der Waals surface area contributed by atoms with E-state index in [0.29, 0.717) is 24.9 Å². The van der Waals surface area contributed by atoms with E-state index in [1.54, 1.807) is 34.6 Å². The van der Waals surface area contributed by atoms with Crippen molar-refractivity contribution in [2.24, 2.45) is 0 Å². The molecule has 1 amide bonds. The fourth-order valence-electron chi connectivity index (χ4n) is 6.23. The van der Waals surface area contributed by atoms with E-state index in [0.717, 1.165) is 31.6 Å². The standard InChI is InChI=1S/C36H41N3O4S/c1-29-13-11-18-33(25-29)39(44(42,43)35-20-9-4-10-21-35)34-22-24-38(36(40)41)32(26-34)19-12-23-37(27-30-14-5-2-6-15-30)28-31-16-7-3-8-17-31/h2-11,13-18,20-21,25,32,34H,12,19,22-24,26-28H2,1H3,(H,40,41)/t32-,34-/m0/s1. The van der Waals surface area contributed by atoms with E-state index in [9.17, 15) is 18.3 Å². The van der Waals surface area contributed by atoms with Crippen LogP contribution in [-0.4, -0.2) is 54.6 Å². The molecule has 230 valence electrons. The summed E-state index contributed by atoms with van der Waals surface area (Å²) in [6.45, 7) is 4.62. The van der Waals surface area contributed by atoms with Gasteiger partial charge in [0.25, 0.3) is 10.0 Å². The molecular formula is C36H41N3O4S. The lowest BCUT2D eigenvalue weighted by molar-refractivity contribution is 0.0957. The van der Waals surface area contributed by atoms with Gasteiger partial charge in [0.2, 0.25) is 0 Å². The van der Waals surface area contributed by atoms with Gasteiger partial charge in [-0.15, -0.1) is 0 Å². The Hall–Kier alpha value is -4.14. The van der Waals surface area contributed by atoms with Gasteiger partial charge in [0.15, 0.2) is 0 Å². The molecule has 0 aromatic heterocycles. The van der Waals surface area contributed by atoms with Crippen molar-refractivity contribution in [3.63, 3.8) is 0 Å². The summed E-state index contributed by atoms with van der Waals surface area (Å²) in [7, 11) is -3.88. The minimum Gasteiger partial charge on any atom is -0.465 e. The van der Waals surface area contributed by atoms with Gasteiger partial charge in [-0.1, -0.05) is 91.0 Å². The Kier molecular flexibility index (Phi) is 10.4. The van der Waals surface area contributed by atoms with Crippen molar-refractivity contribution >= 4 is 21.8 Å². The molecule has 1 heterocycles. The van der Waals surface area contributed by atoms with Crippen molar-refractivity contribution in [1.29, 1.82) is 0 Å². The SMILES string of the molecule is Cc1cccc(N([C@H]2CCN(C(=O)O)[C@@H](CCCN(Cc3ccccc3)Cc3ccccc3)C2)S(=O)(=O)c2ccccc2)c1. The highest BCUT2D eigenvalue weighted by Gasteiger charge is 2.39. The minimum atomic E-state index is -3.88. The van der Waals surface area contributed by atoms with Gasteiger partial charge in [-0.05, 0) is 80.1 Å². The van der Waals surface area contributed by atoms with E-state index in [2.05, 4.69) is 29.2 Å². The average Bonchev–Trinajstić information content (AvgIpc) is 3.02. The van der Waals surface area contributed by atoms with Crippen molar-refractivity contribution < 1.29 is 18.3 Å². The van der Waals surface area contributed by atoms with Crippen molar-refractivity contribution in [3.05, 3.63) is 132 Å². The molecule has 0 bridgehead atoms. The molecule has 0 aliphatic carbocycles. The first-order chi connectivity index (χ1) is 21.3. The number of hydrogen-bond donors (Lipinski definition) is 1. The summed E-state index contributed by atoms with van der Waals surface area (Å²) in [4.78, 5) is 16.5. The van der Waals surface area contributed by atoms with Gasteiger partial charge in [-0.3, -0.25) is 9.21 Å². The predicted octanol–water partition coefficient (Wildman–Crippen LogP) is 7.18. The van der Waals surface area contributed by atoms with Crippen LogP contribution in [0.4, 0.5) is 10.5 Å². The molecule has 0 unspecified atom stereocenters. The molecule has 7 nitrogen and oxygen atoms in total. The van der Waals surface area contributed by atoms with Crippen LogP contribution < -0.4 is 4.31 Å². The number of anilines is 1. The summed E-state index contributed by atoms with van der Waals surface area (Å²) in [5.41, 5.74) is 4.03. The first-order valence-electron chi connectivity index (χ1n) is 15.3. The Morgan fingerprint density at radius 2 is 1.43 bits per heavy atom. The lowest BCUT2D eigenvalue weighted by Gasteiger charge is -2.43.